The van der Waals surface area contributed by atoms with Gasteiger partial charge in [-0.15, -0.1) is 0 Å². The Labute approximate surface area is 208 Å². The summed E-state index contributed by atoms with van der Waals surface area (Å²) in [5.41, 5.74) is 3.11. The van der Waals surface area contributed by atoms with Gasteiger partial charge >= 0.3 is 0 Å². The third-order valence-corrected chi connectivity index (χ3v) is 5.82. The maximum atomic E-state index is 13.0. The lowest BCUT2D eigenvalue weighted by atomic mass is 10.1. The molecule has 7 nitrogen and oxygen atoms in total. The Bertz CT molecular complexity index is 1280. The summed E-state index contributed by atoms with van der Waals surface area (Å²) in [6.07, 6.45) is 0.849. The number of rotatable bonds is 8. The molecular weight excluding hydrogens is 466 g/mol. The summed E-state index contributed by atoms with van der Waals surface area (Å²) in [5, 5.41) is 5.55. The number of amides is 3. The third-order valence-electron chi connectivity index (χ3n) is 5.47. The van der Waals surface area contributed by atoms with Crippen LogP contribution in [0.5, 0.6) is 5.75 Å². The molecule has 3 aromatic carbocycles. The molecule has 3 aromatic rings. The molecule has 3 amide bonds. The van der Waals surface area contributed by atoms with Crippen LogP contribution in [0.15, 0.2) is 83.5 Å². The van der Waals surface area contributed by atoms with Crippen molar-refractivity contribution in [3.8, 4) is 5.75 Å². The standard InChI is InChI=1S/C27H24ClN3O4/c1-3-17-5-13-21(14-6-17)31-26(33)23(28)24(27(31)34)29-19-9-7-18(8-10-19)25(32)30-20-11-15-22(16-12-20)35-4-2/h5-16,29H,3-4H2,1-2H3,(H,30,32). The zero-order valence-electron chi connectivity index (χ0n) is 19.3. The number of aryl methyl sites for hydroxylation is 1. The minimum Gasteiger partial charge on any atom is -0.494 e. The summed E-state index contributed by atoms with van der Waals surface area (Å²) in [7, 11) is 0. The van der Waals surface area contributed by atoms with Gasteiger partial charge in [-0.2, -0.15) is 0 Å². The lowest BCUT2D eigenvalue weighted by molar-refractivity contribution is -0.120. The monoisotopic (exact) mass is 489 g/mol. The molecule has 0 saturated heterocycles. The Morgan fingerprint density at radius 1 is 0.857 bits per heavy atom. The second-order valence-corrected chi connectivity index (χ2v) is 8.15. The number of nitrogens with zero attached hydrogens (tertiary/aromatic N) is 1. The summed E-state index contributed by atoms with van der Waals surface area (Å²) in [6, 6.07) is 20.8. The first-order chi connectivity index (χ1) is 16.9. The SMILES string of the molecule is CCOc1ccc(NC(=O)c2ccc(NC3=C(Cl)C(=O)N(c4ccc(CC)cc4)C3=O)cc2)cc1. The van der Waals surface area contributed by atoms with E-state index in [2.05, 4.69) is 10.6 Å². The van der Waals surface area contributed by atoms with Crippen LogP contribution < -0.4 is 20.3 Å². The molecule has 0 unspecified atom stereocenters. The van der Waals surface area contributed by atoms with Crippen molar-refractivity contribution in [3.63, 3.8) is 0 Å². The van der Waals surface area contributed by atoms with Gasteiger partial charge in [0.05, 0.1) is 12.3 Å². The van der Waals surface area contributed by atoms with E-state index in [-0.39, 0.29) is 16.6 Å². The minimum atomic E-state index is -0.588. The maximum Gasteiger partial charge on any atom is 0.283 e. The van der Waals surface area contributed by atoms with E-state index in [9.17, 15) is 14.4 Å². The molecule has 0 fully saturated rings. The van der Waals surface area contributed by atoms with Crippen LogP contribution in [0.4, 0.5) is 17.1 Å². The Kier molecular flexibility index (Phi) is 7.17. The average molecular weight is 490 g/mol. The van der Waals surface area contributed by atoms with Crippen molar-refractivity contribution in [2.75, 3.05) is 22.1 Å². The van der Waals surface area contributed by atoms with Crippen LogP contribution >= 0.6 is 11.6 Å². The molecule has 2 N–H and O–H groups in total. The molecular formula is C27H24ClN3O4. The van der Waals surface area contributed by atoms with Crippen LogP contribution in [-0.4, -0.2) is 24.3 Å². The molecule has 0 atom stereocenters. The van der Waals surface area contributed by atoms with Gasteiger partial charge in [0.25, 0.3) is 17.7 Å². The fraction of sp³-hybridized carbons (Fsp3) is 0.148. The van der Waals surface area contributed by atoms with Gasteiger partial charge in [-0.3, -0.25) is 14.4 Å². The number of imide groups is 1. The van der Waals surface area contributed by atoms with Gasteiger partial charge in [-0.1, -0.05) is 30.7 Å². The normalized spacial score (nSPS) is 13.3. The minimum absolute atomic E-state index is 0.0113. The van der Waals surface area contributed by atoms with E-state index >= 15 is 0 Å². The van der Waals surface area contributed by atoms with Gasteiger partial charge in [0.15, 0.2) is 0 Å². The zero-order chi connectivity index (χ0) is 24.9. The molecule has 0 radical (unpaired) electrons. The Balaban J connectivity index is 1.43. The smallest absolute Gasteiger partial charge is 0.283 e. The molecule has 35 heavy (non-hydrogen) atoms. The highest BCUT2D eigenvalue weighted by molar-refractivity contribution is 6.53. The molecule has 1 aliphatic heterocycles. The second kappa shape index (κ2) is 10.4. The van der Waals surface area contributed by atoms with Crippen LogP contribution in [0.2, 0.25) is 0 Å². The van der Waals surface area contributed by atoms with Crippen molar-refractivity contribution >= 4 is 46.4 Å². The van der Waals surface area contributed by atoms with E-state index in [0.29, 0.717) is 29.2 Å². The van der Waals surface area contributed by atoms with Crippen molar-refractivity contribution in [1.29, 1.82) is 0 Å². The summed E-state index contributed by atoms with van der Waals surface area (Å²) in [4.78, 5) is 39.2. The predicted octanol–water partition coefficient (Wildman–Crippen LogP) is 5.34. The van der Waals surface area contributed by atoms with Crippen LogP contribution in [0, 0.1) is 0 Å². The van der Waals surface area contributed by atoms with Crippen molar-refractivity contribution in [1.82, 2.24) is 0 Å². The number of ether oxygens (including phenoxy) is 1. The number of benzene rings is 3. The highest BCUT2D eigenvalue weighted by Crippen LogP contribution is 2.30. The topological polar surface area (TPSA) is 87.7 Å². The largest absolute Gasteiger partial charge is 0.494 e. The van der Waals surface area contributed by atoms with E-state index in [1.807, 2.05) is 26.0 Å². The maximum absolute atomic E-state index is 13.0. The molecule has 0 bridgehead atoms. The number of carbonyl (C=O) groups excluding carboxylic acids is 3. The van der Waals surface area contributed by atoms with Crippen LogP contribution in [0.3, 0.4) is 0 Å². The Morgan fingerprint density at radius 2 is 1.49 bits per heavy atom. The van der Waals surface area contributed by atoms with E-state index < -0.39 is 11.8 Å². The lowest BCUT2D eigenvalue weighted by Gasteiger charge is -2.15. The van der Waals surface area contributed by atoms with Crippen molar-refractivity contribution in [2.24, 2.45) is 0 Å². The number of halogens is 1. The number of nitrogens with one attached hydrogen (secondary N) is 2. The molecule has 0 spiro atoms. The quantitative estimate of drug-likeness (QED) is 0.417. The molecule has 1 heterocycles. The fourth-order valence-corrected chi connectivity index (χ4v) is 3.79. The molecule has 178 valence electrons. The summed E-state index contributed by atoms with van der Waals surface area (Å²) >= 11 is 6.21. The summed E-state index contributed by atoms with van der Waals surface area (Å²) in [6.45, 7) is 4.49. The second-order valence-electron chi connectivity index (χ2n) is 7.77. The number of hydrogen-bond donors (Lipinski definition) is 2. The van der Waals surface area contributed by atoms with Crippen molar-refractivity contribution in [3.05, 3.63) is 94.7 Å². The van der Waals surface area contributed by atoms with Crippen LogP contribution in [-0.2, 0) is 16.0 Å². The Hall–Kier alpha value is -4.10. The molecule has 8 heteroatoms. The molecule has 0 aliphatic carbocycles. The van der Waals surface area contributed by atoms with E-state index in [0.717, 1.165) is 22.6 Å². The number of carbonyl (C=O) groups is 3. The average Bonchev–Trinajstić information content (AvgIpc) is 3.09. The van der Waals surface area contributed by atoms with Gasteiger partial charge in [0, 0.05) is 16.9 Å². The zero-order valence-corrected chi connectivity index (χ0v) is 20.1. The number of anilines is 3. The first-order valence-electron chi connectivity index (χ1n) is 11.2. The van der Waals surface area contributed by atoms with Crippen molar-refractivity contribution in [2.45, 2.75) is 20.3 Å². The fourth-order valence-electron chi connectivity index (χ4n) is 3.58. The van der Waals surface area contributed by atoms with E-state index in [1.54, 1.807) is 60.7 Å². The lowest BCUT2D eigenvalue weighted by Crippen LogP contribution is -2.32. The first kappa shape index (κ1) is 24.0. The van der Waals surface area contributed by atoms with Gasteiger partial charge in [-0.25, -0.2) is 4.90 Å². The third kappa shape index (κ3) is 5.20. The highest BCUT2D eigenvalue weighted by Gasteiger charge is 2.38. The Morgan fingerprint density at radius 3 is 2.09 bits per heavy atom. The van der Waals surface area contributed by atoms with E-state index in [1.165, 1.54) is 0 Å². The first-order valence-corrected chi connectivity index (χ1v) is 11.6. The van der Waals surface area contributed by atoms with Gasteiger partial charge < -0.3 is 15.4 Å². The van der Waals surface area contributed by atoms with Crippen LogP contribution in [0.1, 0.15) is 29.8 Å². The number of hydrogen-bond acceptors (Lipinski definition) is 5. The van der Waals surface area contributed by atoms with E-state index in [4.69, 9.17) is 16.3 Å². The molecule has 0 saturated carbocycles. The van der Waals surface area contributed by atoms with Gasteiger partial charge in [-0.05, 0) is 79.6 Å². The van der Waals surface area contributed by atoms with Crippen molar-refractivity contribution < 1.29 is 19.1 Å². The molecule has 0 aromatic heterocycles. The molecule has 1 aliphatic rings. The molecule has 4 rings (SSSR count). The van der Waals surface area contributed by atoms with Gasteiger partial charge in [0.1, 0.15) is 16.5 Å². The highest BCUT2D eigenvalue weighted by atomic mass is 35.5. The predicted molar refractivity (Wildman–Crippen MR) is 137 cm³/mol. The summed E-state index contributed by atoms with van der Waals surface area (Å²) in [5.74, 6) is -0.687. The van der Waals surface area contributed by atoms with Gasteiger partial charge in [0.2, 0.25) is 0 Å². The summed E-state index contributed by atoms with van der Waals surface area (Å²) < 4.78 is 5.40. The van der Waals surface area contributed by atoms with Crippen LogP contribution in [0.25, 0.3) is 0 Å².